The van der Waals surface area contributed by atoms with E-state index in [4.69, 9.17) is 14.2 Å². The molecule has 1 aromatic carbocycles. The molecule has 0 amide bonds. The van der Waals surface area contributed by atoms with Gasteiger partial charge in [-0.05, 0) is 5.56 Å². The van der Waals surface area contributed by atoms with E-state index in [9.17, 15) is 9.59 Å². The zero-order chi connectivity index (χ0) is 15.7. The average molecular weight is 292 g/mol. The van der Waals surface area contributed by atoms with Gasteiger partial charge in [-0.25, -0.2) is 0 Å². The molecule has 0 fully saturated rings. The number of esters is 2. The second kappa shape index (κ2) is 8.92. The van der Waals surface area contributed by atoms with Crippen molar-refractivity contribution in [2.24, 2.45) is 5.92 Å². The van der Waals surface area contributed by atoms with Gasteiger partial charge in [-0.3, -0.25) is 9.59 Å². The molecule has 0 N–H and O–H groups in total. The van der Waals surface area contributed by atoms with E-state index in [1.165, 1.54) is 14.2 Å². The van der Waals surface area contributed by atoms with Crippen molar-refractivity contribution in [2.75, 3.05) is 27.9 Å². The quantitative estimate of drug-likeness (QED) is 0.436. The van der Waals surface area contributed by atoms with Gasteiger partial charge in [0.05, 0.1) is 20.8 Å². The zero-order valence-corrected chi connectivity index (χ0v) is 12.4. The van der Waals surface area contributed by atoms with E-state index in [1.54, 1.807) is 19.3 Å². The first kappa shape index (κ1) is 16.9. The fraction of sp³-hybridized carbons (Fsp3) is 0.375. The summed E-state index contributed by atoms with van der Waals surface area (Å²) in [7, 11) is 4.07. The SMILES string of the molecule is COC/C=C/C(c1ccccc1)C(C(=O)OC)C(=O)OC. The molecule has 1 rings (SSSR count). The summed E-state index contributed by atoms with van der Waals surface area (Å²) in [6.07, 6.45) is 3.52. The Bertz CT molecular complexity index is 465. The monoisotopic (exact) mass is 292 g/mol. The molecule has 1 aromatic rings. The van der Waals surface area contributed by atoms with Crippen molar-refractivity contribution in [2.45, 2.75) is 5.92 Å². The van der Waals surface area contributed by atoms with Gasteiger partial charge in [0.1, 0.15) is 0 Å². The predicted octanol–water partition coefficient (Wildman–Crippen LogP) is 1.94. The highest BCUT2D eigenvalue weighted by Crippen LogP contribution is 2.28. The summed E-state index contributed by atoms with van der Waals surface area (Å²) < 4.78 is 14.4. The van der Waals surface area contributed by atoms with Crippen LogP contribution in [0.1, 0.15) is 11.5 Å². The van der Waals surface area contributed by atoms with Crippen molar-refractivity contribution >= 4 is 11.9 Å². The van der Waals surface area contributed by atoms with E-state index < -0.39 is 23.8 Å². The van der Waals surface area contributed by atoms with E-state index in [2.05, 4.69) is 0 Å². The van der Waals surface area contributed by atoms with Gasteiger partial charge in [-0.15, -0.1) is 0 Å². The molecule has 0 spiro atoms. The molecule has 0 saturated carbocycles. The number of carbonyl (C=O) groups excluding carboxylic acids is 2. The normalized spacial score (nSPS) is 12.4. The molecule has 21 heavy (non-hydrogen) atoms. The highest BCUT2D eigenvalue weighted by molar-refractivity contribution is 5.96. The second-order valence-electron chi connectivity index (χ2n) is 4.34. The maximum absolute atomic E-state index is 12.0. The number of benzene rings is 1. The second-order valence-corrected chi connectivity index (χ2v) is 4.34. The van der Waals surface area contributed by atoms with Crippen molar-refractivity contribution < 1.29 is 23.8 Å². The molecule has 114 valence electrons. The zero-order valence-electron chi connectivity index (χ0n) is 12.4. The summed E-state index contributed by atoms with van der Waals surface area (Å²) in [5.74, 6) is -2.77. The number of allylic oxidation sites excluding steroid dienone is 1. The van der Waals surface area contributed by atoms with Crippen LogP contribution in [0.3, 0.4) is 0 Å². The van der Waals surface area contributed by atoms with Crippen LogP contribution in [-0.4, -0.2) is 39.9 Å². The molecule has 0 heterocycles. The Labute approximate surface area is 124 Å². The Morgan fingerprint density at radius 3 is 2.10 bits per heavy atom. The van der Waals surface area contributed by atoms with Crippen LogP contribution in [0.5, 0.6) is 0 Å². The minimum absolute atomic E-state index is 0.387. The lowest BCUT2D eigenvalue weighted by Gasteiger charge is -2.21. The fourth-order valence-corrected chi connectivity index (χ4v) is 2.03. The smallest absolute Gasteiger partial charge is 0.321 e. The molecule has 0 aliphatic rings. The molecule has 1 atom stereocenters. The maximum Gasteiger partial charge on any atom is 0.321 e. The largest absolute Gasteiger partial charge is 0.468 e. The van der Waals surface area contributed by atoms with Gasteiger partial charge in [0.15, 0.2) is 5.92 Å². The number of methoxy groups -OCH3 is 3. The van der Waals surface area contributed by atoms with Gasteiger partial charge in [0, 0.05) is 13.0 Å². The lowest BCUT2D eigenvalue weighted by atomic mass is 9.85. The molecule has 0 saturated heterocycles. The summed E-state index contributed by atoms with van der Waals surface area (Å²) in [6, 6.07) is 9.25. The van der Waals surface area contributed by atoms with Crippen LogP contribution in [0.4, 0.5) is 0 Å². The van der Waals surface area contributed by atoms with Crippen LogP contribution >= 0.6 is 0 Å². The van der Waals surface area contributed by atoms with E-state index in [1.807, 2.05) is 30.3 Å². The van der Waals surface area contributed by atoms with Crippen LogP contribution in [0, 0.1) is 5.92 Å². The topological polar surface area (TPSA) is 61.8 Å². The van der Waals surface area contributed by atoms with Crippen molar-refractivity contribution in [3.63, 3.8) is 0 Å². The van der Waals surface area contributed by atoms with Crippen LogP contribution in [-0.2, 0) is 23.8 Å². The van der Waals surface area contributed by atoms with Crippen molar-refractivity contribution in [1.29, 1.82) is 0 Å². The van der Waals surface area contributed by atoms with Crippen LogP contribution in [0.2, 0.25) is 0 Å². The van der Waals surface area contributed by atoms with E-state index in [0.29, 0.717) is 6.61 Å². The Morgan fingerprint density at radius 1 is 1.05 bits per heavy atom. The van der Waals surface area contributed by atoms with Crippen molar-refractivity contribution in [1.82, 2.24) is 0 Å². The molecule has 0 aliphatic heterocycles. The molecule has 0 aliphatic carbocycles. The van der Waals surface area contributed by atoms with E-state index in [0.717, 1.165) is 5.56 Å². The van der Waals surface area contributed by atoms with E-state index in [-0.39, 0.29) is 0 Å². The van der Waals surface area contributed by atoms with Crippen LogP contribution < -0.4 is 0 Å². The predicted molar refractivity (Wildman–Crippen MR) is 77.7 cm³/mol. The maximum atomic E-state index is 12.0. The van der Waals surface area contributed by atoms with Gasteiger partial charge in [-0.2, -0.15) is 0 Å². The molecule has 1 unspecified atom stereocenters. The minimum Gasteiger partial charge on any atom is -0.468 e. The Morgan fingerprint density at radius 2 is 1.62 bits per heavy atom. The summed E-state index contributed by atoms with van der Waals surface area (Å²) in [4.78, 5) is 23.9. The highest BCUT2D eigenvalue weighted by Gasteiger charge is 2.36. The first-order valence-corrected chi connectivity index (χ1v) is 6.51. The van der Waals surface area contributed by atoms with Gasteiger partial charge in [-0.1, -0.05) is 42.5 Å². The number of carbonyl (C=O) groups is 2. The number of rotatable bonds is 7. The average Bonchev–Trinajstić information content (AvgIpc) is 2.54. The Balaban J connectivity index is 3.18. The van der Waals surface area contributed by atoms with Crippen molar-refractivity contribution in [3.05, 3.63) is 48.0 Å². The third-order valence-electron chi connectivity index (χ3n) is 3.06. The van der Waals surface area contributed by atoms with Gasteiger partial charge in [0.25, 0.3) is 0 Å². The molecule has 0 aromatic heterocycles. The van der Waals surface area contributed by atoms with Gasteiger partial charge >= 0.3 is 11.9 Å². The minimum atomic E-state index is -1.05. The first-order valence-electron chi connectivity index (χ1n) is 6.51. The molecule has 0 bridgehead atoms. The number of ether oxygens (including phenoxy) is 3. The Kier molecular flexibility index (Phi) is 7.18. The van der Waals surface area contributed by atoms with Gasteiger partial charge < -0.3 is 14.2 Å². The fourth-order valence-electron chi connectivity index (χ4n) is 2.03. The first-order chi connectivity index (χ1) is 10.2. The molecule has 5 nitrogen and oxygen atoms in total. The standard InChI is InChI=1S/C16H20O5/c1-19-11-7-10-13(12-8-5-4-6-9-12)14(15(17)20-2)16(18)21-3/h4-10,13-14H,11H2,1-3H3/b10-7+. The highest BCUT2D eigenvalue weighted by atomic mass is 16.5. The third kappa shape index (κ3) is 4.72. The third-order valence-corrected chi connectivity index (χ3v) is 3.06. The Hall–Kier alpha value is -2.14. The van der Waals surface area contributed by atoms with E-state index >= 15 is 0 Å². The summed E-state index contributed by atoms with van der Waals surface area (Å²) >= 11 is 0. The molecular formula is C16H20O5. The number of hydrogen-bond donors (Lipinski definition) is 0. The molecule has 5 heteroatoms. The summed E-state index contributed by atoms with van der Waals surface area (Å²) in [6.45, 7) is 0.387. The molecular weight excluding hydrogens is 272 g/mol. The van der Waals surface area contributed by atoms with Crippen molar-refractivity contribution in [3.8, 4) is 0 Å². The van der Waals surface area contributed by atoms with Crippen LogP contribution in [0.25, 0.3) is 0 Å². The van der Waals surface area contributed by atoms with Gasteiger partial charge in [0.2, 0.25) is 0 Å². The lowest BCUT2D eigenvalue weighted by molar-refractivity contribution is -0.159. The summed E-state index contributed by atoms with van der Waals surface area (Å²) in [5.41, 5.74) is 0.825. The lowest BCUT2D eigenvalue weighted by Crippen LogP contribution is -2.31. The molecule has 0 radical (unpaired) electrons. The van der Waals surface area contributed by atoms with Crippen LogP contribution in [0.15, 0.2) is 42.5 Å². The summed E-state index contributed by atoms with van der Waals surface area (Å²) in [5, 5.41) is 0. The number of hydrogen-bond acceptors (Lipinski definition) is 5.